The summed E-state index contributed by atoms with van der Waals surface area (Å²) in [6.07, 6.45) is 5.23. The van der Waals surface area contributed by atoms with Crippen molar-refractivity contribution in [2.24, 2.45) is 11.8 Å². The second kappa shape index (κ2) is 5.50. The van der Waals surface area contributed by atoms with Crippen molar-refractivity contribution in [1.29, 1.82) is 0 Å². The number of aromatic nitrogens is 1. The van der Waals surface area contributed by atoms with Crippen LogP contribution in [0.25, 0.3) is 0 Å². The van der Waals surface area contributed by atoms with E-state index in [4.69, 9.17) is 11.6 Å². The van der Waals surface area contributed by atoms with Crippen molar-refractivity contribution in [3.63, 3.8) is 0 Å². The number of hydrogen-bond donors (Lipinski definition) is 1. The van der Waals surface area contributed by atoms with E-state index in [0.29, 0.717) is 16.6 Å². The van der Waals surface area contributed by atoms with E-state index in [-0.39, 0.29) is 5.91 Å². The number of nitrogens with one attached hydrogen (secondary N) is 1. The van der Waals surface area contributed by atoms with Gasteiger partial charge in [-0.1, -0.05) is 24.9 Å². The molecule has 2 atom stereocenters. The van der Waals surface area contributed by atoms with Gasteiger partial charge in [0.1, 0.15) is 5.15 Å². The van der Waals surface area contributed by atoms with Crippen LogP contribution in [0, 0.1) is 11.8 Å². The van der Waals surface area contributed by atoms with Gasteiger partial charge in [-0.25, -0.2) is 4.98 Å². The van der Waals surface area contributed by atoms with Crippen LogP contribution < -0.4 is 5.32 Å². The molecule has 4 heteroatoms. The Morgan fingerprint density at radius 1 is 1.53 bits per heavy atom. The zero-order valence-electron chi connectivity index (χ0n) is 9.95. The maximum Gasteiger partial charge on any atom is 0.252 e. The van der Waals surface area contributed by atoms with E-state index in [1.54, 1.807) is 12.1 Å². The lowest BCUT2D eigenvalue weighted by Crippen LogP contribution is -2.28. The molecule has 0 aromatic carbocycles. The lowest BCUT2D eigenvalue weighted by atomic mass is 10.1. The maximum atomic E-state index is 11.8. The third-order valence-corrected chi connectivity index (χ3v) is 3.57. The van der Waals surface area contributed by atoms with E-state index in [2.05, 4.69) is 17.2 Å². The van der Waals surface area contributed by atoms with E-state index in [0.717, 1.165) is 12.5 Å². The number of nitrogens with zero attached hydrogens (tertiary/aromatic N) is 1. The molecule has 2 rings (SSSR count). The van der Waals surface area contributed by atoms with E-state index in [1.807, 2.05) is 0 Å². The minimum atomic E-state index is -0.0614. The minimum absolute atomic E-state index is 0.0614. The zero-order valence-corrected chi connectivity index (χ0v) is 10.7. The van der Waals surface area contributed by atoms with E-state index >= 15 is 0 Å². The van der Waals surface area contributed by atoms with Crippen molar-refractivity contribution >= 4 is 17.5 Å². The van der Waals surface area contributed by atoms with Crippen molar-refractivity contribution in [3.05, 3.63) is 29.0 Å². The molecule has 0 saturated heterocycles. The van der Waals surface area contributed by atoms with Gasteiger partial charge in [0.25, 0.3) is 5.91 Å². The highest BCUT2D eigenvalue weighted by molar-refractivity contribution is 6.29. The Labute approximate surface area is 107 Å². The summed E-state index contributed by atoms with van der Waals surface area (Å²) in [5.74, 6) is 1.37. The summed E-state index contributed by atoms with van der Waals surface area (Å²) in [7, 11) is 0. The molecular formula is C13H17ClN2O. The normalized spacial score (nSPS) is 23.6. The quantitative estimate of drug-likeness (QED) is 0.841. The number of carbonyl (C=O) groups is 1. The highest BCUT2D eigenvalue weighted by atomic mass is 35.5. The number of rotatable bonds is 3. The Morgan fingerprint density at radius 3 is 2.94 bits per heavy atom. The zero-order chi connectivity index (χ0) is 12.3. The van der Waals surface area contributed by atoms with Crippen molar-refractivity contribution < 1.29 is 4.79 Å². The molecular weight excluding hydrogens is 236 g/mol. The molecule has 0 spiro atoms. The van der Waals surface area contributed by atoms with Crippen molar-refractivity contribution in [1.82, 2.24) is 10.3 Å². The topological polar surface area (TPSA) is 42.0 Å². The predicted molar refractivity (Wildman–Crippen MR) is 68.1 cm³/mol. The summed E-state index contributed by atoms with van der Waals surface area (Å²) in [6.45, 7) is 3.04. The Bertz CT molecular complexity index is 391. The fourth-order valence-corrected chi connectivity index (χ4v) is 2.47. The molecule has 1 fully saturated rings. The smallest absolute Gasteiger partial charge is 0.252 e. The van der Waals surface area contributed by atoms with Gasteiger partial charge in [0, 0.05) is 12.7 Å². The first kappa shape index (κ1) is 12.4. The highest BCUT2D eigenvalue weighted by Crippen LogP contribution is 2.29. The van der Waals surface area contributed by atoms with Crippen LogP contribution in [0.1, 0.15) is 36.5 Å². The van der Waals surface area contributed by atoms with Crippen LogP contribution in [0.4, 0.5) is 0 Å². The van der Waals surface area contributed by atoms with Crippen molar-refractivity contribution in [2.75, 3.05) is 6.54 Å². The van der Waals surface area contributed by atoms with Crippen LogP contribution in [0.3, 0.4) is 0 Å². The predicted octanol–water partition coefficient (Wildman–Crippen LogP) is 2.90. The Kier molecular flexibility index (Phi) is 4.00. The maximum absolute atomic E-state index is 11.8. The van der Waals surface area contributed by atoms with Crippen LogP contribution in [0.5, 0.6) is 0 Å². The fraction of sp³-hybridized carbons (Fsp3) is 0.538. The second-order valence-electron chi connectivity index (χ2n) is 4.86. The molecule has 1 aromatic heterocycles. The van der Waals surface area contributed by atoms with Gasteiger partial charge in [-0.05, 0) is 36.8 Å². The van der Waals surface area contributed by atoms with Gasteiger partial charge in [0.15, 0.2) is 0 Å². The summed E-state index contributed by atoms with van der Waals surface area (Å²) >= 11 is 5.67. The molecule has 0 aliphatic heterocycles. The van der Waals surface area contributed by atoms with Gasteiger partial charge in [-0.3, -0.25) is 4.79 Å². The summed E-state index contributed by atoms with van der Waals surface area (Å²) < 4.78 is 0. The summed E-state index contributed by atoms with van der Waals surface area (Å²) in [5.41, 5.74) is 0.570. The molecule has 1 heterocycles. The van der Waals surface area contributed by atoms with Gasteiger partial charge in [-0.15, -0.1) is 0 Å². The standard InChI is InChI=1S/C13H17ClN2O/c1-9-2-3-10(6-9)7-16-13(17)11-4-5-12(14)15-8-11/h4-5,8-10H,2-3,6-7H2,1H3,(H,16,17). The van der Waals surface area contributed by atoms with Crippen LogP contribution >= 0.6 is 11.6 Å². The number of halogens is 1. The van der Waals surface area contributed by atoms with Gasteiger partial charge in [-0.2, -0.15) is 0 Å². The average Bonchev–Trinajstić information content (AvgIpc) is 2.73. The fourth-order valence-electron chi connectivity index (χ4n) is 2.36. The molecule has 3 nitrogen and oxygen atoms in total. The number of pyridine rings is 1. The average molecular weight is 253 g/mol. The molecule has 1 amide bonds. The van der Waals surface area contributed by atoms with Crippen molar-refractivity contribution in [3.8, 4) is 0 Å². The Hall–Kier alpha value is -1.09. The molecule has 17 heavy (non-hydrogen) atoms. The molecule has 1 saturated carbocycles. The number of hydrogen-bond acceptors (Lipinski definition) is 2. The largest absolute Gasteiger partial charge is 0.352 e. The third-order valence-electron chi connectivity index (χ3n) is 3.34. The van der Waals surface area contributed by atoms with Crippen LogP contribution in [0.2, 0.25) is 5.15 Å². The first-order valence-corrected chi connectivity index (χ1v) is 6.42. The molecule has 1 aromatic rings. The minimum Gasteiger partial charge on any atom is -0.352 e. The van der Waals surface area contributed by atoms with Crippen molar-refractivity contribution in [2.45, 2.75) is 26.2 Å². The van der Waals surface area contributed by atoms with Crippen LogP contribution in [-0.2, 0) is 0 Å². The monoisotopic (exact) mass is 252 g/mol. The summed E-state index contributed by atoms with van der Waals surface area (Å²) in [6, 6.07) is 3.33. The van der Waals surface area contributed by atoms with E-state index < -0.39 is 0 Å². The molecule has 2 unspecified atom stereocenters. The first-order chi connectivity index (χ1) is 8.15. The van der Waals surface area contributed by atoms with E-state index in [1.165, 1.54) is 25.5 Å². The summed E-state index contributed by atoms with van der Waals surface area (Å²) in [4.78, 5) is 15.7. The Morgan fingerprint density at radius 2 is 2.35 bits per heavy atom. The van der Waals surface area contributed by atoms with Gasteiger partial charge >= 0.3 is 0 Å². The van der Waals surface area contributed by atoms with E-state index in [9.17, 15) is 4.79 Å². The Balaban J connectivity index is 1.83. The number of amides is 1. The lowest BCUT2D eigenvalue weighted by molar-refractivity contribution is 0.0947. The molecule has 1 N–H and O–H groups in total. The summed E-state index contributed by atoms with van der Waals surface area (Å²) in [5, 5.41) is 3.37. The molecule has 1 aliphatic rings. The second-order valence-corrected chi connectivity index (χ2v) is 5.25. The molecule has 0 bridgehead atoms. The first-order valence-electron chi connectivity index (χ1n) is 6.05. The van der Waals surface area contributed by atoms with Gasteiger partial charge in [0.05, 0.1) is 5.56 Å². The van der Waals surface area contributed by atoms with Crippen LogP contribution in [-0.4, -0.2) is 17.4 Å². The third kappa shape index (κ3) is 3.43. The molecule has 1 aliphatic carbocycles. The highest BCUT2D eigenvalue weighted by Gasteiger charge is 2.21. The van der Waals surface area contributed by atoms with Gasteiger partial charge in [0.2, 0.25) is 0 Å². The number of carbonyl (C=O) groups excluding carboxylic acids is 1. The SMILES string of the molecule is CC1CCC(CNC(=O)c2ccc(Cl)nc2)C1. The molecule has 0 radical (unpaired) electrons. The lowest BCUT2D eigenvalue weighted by Gasteiger charge is -2.10. The van der Waals surface area contributed by atoms with Gasteiger partial charge < -0.3 is 5.32 Å². The molecule has 92 valence electrons. The van der Waals surface area contributed by atoms with Crippen LogP contribution in [0.15, 0.2) is 18.3 Å².